The molecule has 0 amide bonds. The minimum absolute atomic E-state index is 0.285. The Hall–Kier alpha value is -0.710. The Morgan fingerprint density at radius 2 is 1.83 bits per heavy atom. The molecule has 0 aromatic heterocycles. The van der Waals surface area contributed by atoms with Gasteiger partial charge in [-0.2, -0.15) is 12.6 Å². The molecular formula is C13H22O4S. The van der Waals surface area contributed by atoms with Crippen molar-refractivity contribution in [2.75, 3.05) is 5.75 Å². The summed E-state index contributed by atoms with van der Waals surface area (Å²) in [6.45, 7) is 3.49. The fraction of sp³-hybridized carbons (Fsp3) is 0.846. The number of rotatable bonds is 5. The topological polar surface area (TPSA) is 52.6 Å². The summed E-state index contributed by atoms with van der Waals surface area (Å²) in [6, 6.07) is 0. The molecule has 0 saturated heterocycles. The lowest BCUT2D eigenvalue weighted by Gasteiger charge is -2.36. The third-order valence-electron chi connectivity index (χ3n) is 3.17. The maximum atomic E-state index is 11.9. The van der Waals surface area contributed by atoms with Crippen molar-refractivity contribution in [3.63, 3.8) is 0 Å². The predicted molar refractivity (Wildman–Crippen MR) is 71.3 cm³/mol. The third kappa shape index (κ3) is 4.19. The van der Waals surface area contributed by atoms with E-state index in [1.54, 1.807) is 13.8 Å². The first-order valence-electron chi connectivity index (χ1n) is 6.58. The second-order valence-corrected chi connectivity index (χ2v) is 5.17. The molecular weight excluding hydrogens is 252 g/mol. The van der Waals surface area contributed by atoms with Gasteiger partial charge in [0, 0.05) is 25.0 Å². The van der Waals surface area contributed by atoms with Gasteiger partial charge in [-0.15, -0.1) is 0 Å². The quantitative estimate of drug-likeness (QED) is 0.476. The van der Waals surface area contributed by atoms with Gasteiger partial charge < -0.3 is 9.47 Å². The minimum atomic E-state index is -1.03. The van der Waals surface area contributed by atoms with E-state index >= 15 is 0 Å². The Kier molecular flexibility index (Phi) is 5.99. The maximum absolute atomic E-state index is 11.9. The van der Waals surface area contributed by atoms with Gasteiger partial charge in [-0.05, 0) is 12.8 Å². The number of hydrogen-bond donors (Lipinski definition) is 1. The molecule has 0 bridgehead atoms. The van der Waals surface area contributed by atoms with Gasteiger partial charge in [-0.25, -0.2) is 0 Å². The summed E-state index contributed by atoms with van der Waals surface area (Å²) in [5, 5.41) is 0. The Labute approximate surface area is 114 Å². The van der Waals surface area contributed by atoms with Crippen LogP contribution in [0.5, 0.6) is 0 Å². The van der Waals surface area contributed by atoms with Crippen molar-refractivity contribution in [1.82, 2.24) is 0 Å². The first kappa shape index (κ1) is 15.3. The maximum Gasteiger partial charge on any atom is 0.312 e. The van der Waals surface area contributed by atoms with Crippen molar-refractivity contribution >= 4 is 24.6 Å². The zero-order valence-corrected chi connectivity index (χ0v) is 12.0. The van der Waals surface area contributed by atoms with Gasteiger partial charge >= 0.3 is 11.9 Å². The molecule has 0 aromatic rings. The lowest BCUT2D eigenvalue weighted by molar-refractivity contribution is -0.240. The monoisotopic (exact) mass is 274 g/mol. The molecule has 1 fully saturated rings. The number of thiol groups is 1. The number of hydrogen-bond acceptors (Lipinski definition) is 5. The zero-order valence-electron chi connectivity index (χ0n) is 11.1. The average Bonchev–Trinajstić information content (AvgIpc) is 2.38. The standard InChI is InChI=1S/C13H22O4S/c1-3-11(14)16-13(7-5-4-6-8-13)17-12(15)10(2)9-18/h10,18H,3-9H2,1-2H3/t10-/m1/s1. The molecule has 1 atom stereocenters. The predicted octanol–water partition coefficient (Wildman–Crippen LogP) is 2.71. The highest BCUT2D eigenvalue weighted by Crippen LogP contribution is 2.34. The molecule has 18 heavy (non-hydrogen) atoms. The summed E-state index contributed by atoms with van der Waals surface area (Å²) >= 11 is 4.08. The second kappa shape index (κ2) is 7.02. The summed E-state index contributed by atoms with van der Waals surface area (Å²) in [6.07, 6.45) is 4.42. The molecule has 0 unspecified atom stereocenters. The number of carbonyl (C=O) groups is 2. The van der Waals surface area contributed by atoms with E-state index in [1.165, 1.54) is 0 Å². The van der Waals surface area contributed by atoms with Gasteiger partial charge in [0.2, 0.25) is 0 Å². The highest BCUT2D eigenvalue weighted by atomic mass is 32.1. The van der Waals surface area contributed by atoms with Gasteiger partial charge in [0.15, 0.2) is 0 Å². The van der Waals surface area contributed by atoms with Crippen molar-refractivity contribution in [3.8, 4) is 0 Å². The van der Waals surface area contributed by atoms with Crippen molar-refractivity contribution in [3.05, 3.63) is 0 Å². The molecule has 5 heteroatoms. The van der Waals surface area contributed by atoms with Crippen LogP contribution in [-0.2, 0) is 19.1 Å². The molecule has 0 aromatic carbocycles. The van der Waals surface area contributed by atoms with E-state index in [1.807, 2.05) is 0 Å². The van der Waals surface area contributed by atoms with Crippen LogP contribution in [0.3, 0.4) is 0 Å². The molecule has 0 spiro atoms. The minimum Gasteiger partial charge on any atom is -0.422 e. The smallest absolute Gasteiger partial charge is 0.312 e. The van der Waals surface area contributed by atoms with Gasteiger partial charge in [-0.1, -0.05) is 20.3 Å². The molecule has 4 nitrogen and oxygen atoms in total. The Morgan fingerprint density at radius 1 is 1.22 bits per heavy atom. The van der Waals surface area contributed by atoms with E-state index < -0.39 is 5.79 Å². The molecule has 104 valence electrons. The van der Waals surface area contributed by atoms with Crippen molar-refractivity contribution < 1.29 is 19.1 Å². The SMILES string of the molecule is CCC(=O)OC1(OC(=O)[C@H](C)CS)CCCCC1. The largest absolute Gasteiger partial charge is 0.422 e. The average molecular weight is 274 g/mol. The molecule has 1 aliphatic carbocycles. The number of carbonyl (C=O) groups excluding carboxylic acids is 2. The molecule has 0 heterocycles. The van der Waals surface area contributed by atoms with Crippen LogP contribution in [-0.4, -0.2) is 23.5 Å². The van der Waals surface area contributed by atoms with Crippen LogP contribution >= 0.6 is 12.6 Å². The van der Waals surface area contributed by atoms with Gasteiger partial charge in [0.25, 0.3) is 5.79 Å². The Balaban J connectivity index is 2.71. The molecule has 0 N–H and O–H groups in total. The molecule has 1 aliphatic rings. The van der Waals surface area contributed by atoms with Crippen LogP contribution < -0.4 is 0 Å². The Morgan fingerprint density at radius 3 is 2.33 bits per heavy atom. The fourth-order valence-corrected chi connectivity index (χ4v) is 2.10. The first-order valence-corrected chi connectivity index (χ1v) is 7.22. The van der Waals surface area contributed by atoms with Gasteiger partial charge in [-0.3, -0.25) is 9.59 Å². The summed E-state index contributed by atoms with van der Waals surface area (Å²) in [4.78, 5) is 23.3. The van der Waals surface area contributed by atoms with Gasteiger partial charge in [0.05, 0.1) is 5.92 Å². The highest BCUT2D eigenvalue weighted by Gasteiger charge is 2.40. The van der Waals surface area contributed by atoms with E-state index in [4.69, 9.17) is 9.47 Å². The second-order valence-electron chi connectivity index (χ2n) is 4.80. The van der Waals surface area contributed by atoms with E-state index in [0.29, 0.717) is 25.0 Å². The van der Waals surface area contributed by atoms with E-state index in [2.05, 4.69) is 12.6 Å². The van der Waals surface area contributed by atoms with Crippen LogP contribution in [0.25, 0.3) is 0 Å². The van der Waals surface area contributed by atoms with Gasteiger partial charge in [0.1, 0.15) is 0 Å². The lowest BCUT2D eigenvalue weighted by Crippen LogP contribution is -2.43. The summed E-state index contributed by atoms with van der Waals surface area (Å²) in [5.41, 5.74) is 0. The first-order chi connectivity index (χ1) is 8.53. The molecule has 0 aliphatic heterocycles. The van der Waals surface area contributed by atoms with Crippen molar-refractivity contribution in [1.29, 1.82) is 0 Å². The van der Waals surface area contributed by atoms with Crippen LogP contribution in [0, 0.1) is 5.92 Å². The molecule has 1 rings (SSSR count). The normalized spacial score (nSPS) is 19.9. The Bertz CT molecular complexity index is 297. The molecule has 0 radical (unpaired) electrons. The van der Waals surface area contributed by atoms with E-state index in [0.717, 1.165) is 19.3 Å². The third-order valence-corrected chi connectivity index (χ3v) is 3.71. The molecule has 1 saturated carbocycles. The highest BCUT2D eigenvalue weighted by molar-refractivity contribution is 7.80. The summed E-state index contributed by atoms with van der Waals surface area (Å²) < 4.78 is 10.9. The number of esters is 2. The lowest BCUT2D eigenvalue weighted by atomic mass is 9.94. The fourth-order valence-electron chi connectivity index (χ4n) is 1.95. The van der Waals surface area contributed by atoms with Crippen LogP contribution in [0.1, 0.15) is 52.4 Å². The number of ether oxygens (including phenoxy) is 2. The van der Waals surface area contributed by atoms with E-state index in [9.17, 15) is 9.59 Å². The summed E-state index contributed by atoms with van der Waals surface area (Å²) in [7, 11) is 0. The van der Waals surface area contributed by atoms with Crippen molar-refractivity contribution in [2.24, 2.45) is 5.92 Å². The van der Waals surface area contributed by atoms with E-state index in [-0.39, 0.29) is 17.9 Å². The van der Waals surface area contributed by atoms with Crippen LogP contribution in [0.4, 0.5) is 0 Å². The summed E-state index contributed by atoms with van der Waals surface area (Å²) in [5.74, 6) is -1.54. The van der Waals surface area contributed by atoms with Crippen molar-refractivity contribution in [2.45, 2.75) is 58.2 Å². The van der Waals surface area contributed by atoms with Crippen LogP contribution in [0.15, 0.2) is 0 Å². The van der Waals surface area contributed by atoms with Crippen LogP contribution in [0.2, 0.25) is 0 Å². The zero-order chi connectivity index (χ0) is 13.6.